The van der Waals surface area contributed by atoms with Crippen LogP contribution in [0, 0.1) is 13.8 Å². The van der Waals surface area contributed by atoms with E-state index in [0.29, 0.717) is 5.92 Å². The molecule has 0 saturated carbocycles. The molecular weight excluding hydrogens is 490 g/mol. The van der Waals surface area contributed by atoms with Crippen LogP contribution in [0.5, 0.6) is 0 Å². The van der Waals surface area contributed by atoms with Gasteiger partial charge in [0, 0.05) is 25.8 Å². The third-order valence-electron chi connectivity index (χ3n) is 4.38. The van der Waals surface area contributed by atoms with Crippen molar-refractivity contribution < 1.29 is 50.7 Å². The van der Waals surface area contributed by atoms with Crippen molar-refractivity contribution in [1.29, 1.82) is 0 Å². The number of benzene rings is 2. The van der Waals surface area contributed by atoms with Crippen molar-refractivity contribution in [1.82, 2.24) is 0 Å². The molecule has 3 aromatic rings. The van der Waals surface area contributed by atoms with Gasteiger partial charge in [-0.05, 0) is 19.8 Å². The minimum Gasteiger partial charge on any atom is -1.00 e. The Morgan fingerprint density at radius 1 is 0.870 bits per heavy atom. The summed E-state index contributed by atoms with van der Waals surface area (Å²) in [6.07, 6.45) is 8.86. The van der Waals surface area contributed by atoms with E-state index >= 15 is 0 Å². The minimum absolute atomic E-state index is 0. The van der Waals surface area contributed by atoms with Crippen LogP contribution in [0.4, 0.5) is 0 Å². The number of allylic oxidation sites excluding steroid dienone is 4. The fourth-order valence-corrected chi connectivity index (χ4v) is 3.40. The van der Waals surface area contributed by atoms with E-state index < -0.39 is 0 Å². The second-order valence-electron chi connectivity index (χ2n) is 5.79. The average molecular weight is 507 g/mol. The van der Waals surface area contributed by atoms with Gasteiger partial charge in [0.1, 0.15) is 0 Å². The Kier molecular flexibility index (Phi) is 6.95. The molecule has 0 aromatic heterocycles. The molecule has 4 rings (SSSR count). The van der Waals surface area contributed by atoms with Gasteiger partial charge < -0.3 is 24.8 Å². The van der Waals surface area contributed by atoms with Gasteiger partial charge in [-0.15, -0.1) is 33.7 Å². The molecule has 23 heavy (non-hydrogen) atoms. The average Bonchev–Trinajstić information content (AvgIpc) is 3.04. The predicted molar refractivity (Wildman–Crippen MR) is 87.5 cm³/mol. The Hall–Kier alpha value is -0.760. The zero-order valence-corrected chi connectivity index (χ0v) is 18.2. The standard InChI is InChI=1S/C20H17.2ClH.Hf/c1-13-7-9-17-16(11-13)12-19-18(17)10-8-14(2)20(19)15-5-3-4-6-15;;;/h3-12,15H,1-2H3;2*1H;/q-1;;;/p-2. The van der Waals surface area contributed by atoms with Gasteiger partial charge in [0.05, 0.1) is 0 Å². The van der Waals surface area contributed by atoms with E-state index in [9.17, 15) is 0 Å². The third-order valence-corrected chi connectivity index (χ3v) is 4.38. The maximum absolute atomic E-state index is 2.36. The molecule has 3 aromatic carbocycles. The summed E-state index contributed by atoms with van der Waals surface area (Å²) in [5.74, 6) is 0.427. The topological polar surface area (TPSA) is 0 Å². The van der Waals surface area contributed by atoms with Gasteiger partial charge in [-0.25, -0.2) is 0 Å². The molecule has 0 heterocycles. The van der Waals surface area contributed by atoms with Crippen LogP contribution in [-0.4, -0.2) is 0 Å². The Bertz CT molecular complexity index is 875. The molecule has 0 spiro atoms. The first kappa shape index (κ1) is 20.3. The number of hydrogen-bond donors (Lipinski definition) is 0. The van der Waals surface area contributed by atoms with E-state index in [4.69, 9.17) is 0 Å². The van der Waals surface area contributed by atoms with Gasteiger partial charge >= 0.3 is 0 Å². The first-order valence-electron chi connectivity index (χ1n) is 7.18. The van der Waals surface area contributed by atoms with Crippen molar-refractivity contribution in [2.75, 3.05) is 0 Å². The van der Waals surface area contributed by atoms with Crippen molar-refractivity contribution in [3.63, 3.8) is 0 Å². The number of halogens is 2. The largest absolute Gasteiger partial charge is 1.00 e. The first-order chi connectivity index (χ1) is 9.74. The maximum atomic E-state index is 2.36. The summed E-state index contributed by atoms with van der Waals surface area (Å²) in [5, 5.41) is 5.52. The van der Waals surface area contributed by atoms with Gasteiger partial charge in [-0.3, -0.25) is 0 Å². The minimum atomic E-state index is 0. The molecule has 0 nitrogen and oxygen atoms in total. The number of fused-ring (bicyclic) bond motifs is 3. The summed E-state index contributed by atoms with van der Waals surface area (Å²) < 4.78 is 0. The van der Waals surface area contributed by atoms with E-state index in [-0.39, 0.29) is 50.7 Å². The normalized spacial score (nSPS) is 13.0. The monoisotopic (exact) mass is 507 g/mol. The molecular formula is C20H17Cl2Hf-3. The molecule has 3 heteroatoms. The van der Waals surface area contributed by atoms with Crippen LogP contribution >= 0.6 is 0 Å². The van der Waals surface area contributed by atoms with Gasteiger partial charge in [0.15, 0.2) is 0 Å². The fourth-order valence-electron chi connectivity index (χ4n) is 3.40. The zero-order chi connectivity index (χ0) is 13.7. The SMILES string of the molecule is Cc1ccc2c(c1)[cH-]c1c(C3C=CC=C3)c(C)ccc12.[Cl-].[Cl-].[Hf]. The van der Waals surface area contributed by atoms with Gasteiger partial charge in [0.25, 0.3) is 0 Å². The van der Waals surface area contributed by atoms with Crippen LogP contribution in [0.2, 0.25) is 0 Å². The summed E-state index contributed by atoms with van der Waals surface area (Å²) in [6.45, 7) is 4.38. The number of aryl methyl sites for hydroxylation is 2. The molecule has 0 N–H and O–H groups in total. The Balaban J connectivity index is 0.000000882. The third kappa shape index (κ3) is 3.38. The second kappa shape index (κ2) is 7.88. The van der Waals surface area contributed by atoms with Crippen molar-refractivity contribution >= 4 is 21.5 Å². The maximum Gasteiger partial charge on any atom is 0 e. The molecule has 0 aliphatic heterocycles. The van der Waals surface area contributed by atoms with E-state index in [1.54, 1.807) is 0 Å². The molecule has 0 unspecified atom stereocenters. The van der Waals surface area contributed by atoms with Gasteiger partial charge in [-0.2, -0.15) is 0 Å². The number of rotatable bonds is 1. The Labute approximate surface area is 168 Å². The van der Waals surface area contributed by atoms with Crippen LogP contribution in [0.15, 0.2) is 60.7 Å². The fraction of sp³-hybridized carbons (Fsp3) is 0.150. The summed E-state index contributed by atoms with van der Waals surface area (Å²) >= 11 is 0. The molecule has 1 aliphatic rings. The van der Waals surface area contributed by atoms with Crippen molar-refractivity contribution in [2.24, 2.45) is 0 Å². The van der Waals surface area contributed by atoms with Crippen molar-refractivity contribution in [3.8, 4) is 0 Å². The zero-order valence-electron chi connectivity index (χ0n) is 13.1. The van der Waals surface area contributed by atoms with Gasteiger partial charge in [0.2, 0.25) is 0 Å². The second-order valence-corrected chi connectivity index (χ2v) is 5.79. The summed E-state index contributed by atoms with van der Waals surface area (Å²) in [7, 11) is 0. The van der Waals surface area contributed by atoms with Crippen LogP contribution in [0.25, 0.3) is 21.5 Å². The molecule has 0 radical (unpaired) electrons. The predicted octanol–water partition coefficient (Wildman–Crippen LogP) is -0.456. The molecule has 0 atom stereocenters. The Morgan fingerprint density at radius 2 is 1.52 bits per heavy atom. The molecule has 0 saturated heterocycles. The summed E-state index contributed by atoms with van der Waals surface area (Å²) in [4.78, 5) is 0. The van der Waals surface area contributed by atoms with Gasteiger partial charge in [-0.1, -0.05) is 65.3 Å². The van der Waals surface area contributed by atoms with Crippen LogP contribution in [0.3, 0.4) is 0 Å². The van der Waals surface area contributed by atoms with Crippen LogP contribution < -0.4 is 24.8 Å². The first-order valence-corrected chi connectivity index (χ1v) is 7.18. The quantitative estimate of drug-likeness (QED) is 0.310. The molecule has 0 amide bonds. The molecule has 118 valence electrons. The number of hydrogen-bond acceptors (Lipinski definition) is 0. The van der Waals surface area contributed by atoms with Crippen LogP contribution in [0.1, 0.15) is 22.6 Å². The molecule has 1 aliphatic carbocycles. The van der Waals surface area contributed by atoms with E-state index in [0.717, 1.165) is 0 Å². The van der Waals surface area contributed by atoms with E-state index in [1.165, 1.54) is 38.2 Å². The molecule has 0 bridgehead atoms. The van der Waals surface area contributed by atoms with E-state index in [1.807, 2.05) is 0 Å². The van der Waals surface area contributed by atoms with Crippen molar-refractivity contribution in [3.05, 3.63) is 77.4 Å². The summed E-state index contributed by atoms with van der Waals surface area (Å²) in [6, 6.07) is 13.6. The Morgan fingerprint density at radius 3 is 2.22 bits per heavy atom. The van der Waals surface area contributed by atoms with E-state index in [2.05, 4.69) is 74.5 Å². The molecule has 0 fully saturated rings. The van der Waals surface area contributed by atoms with Crippen LogP contribution in [-0.2, 0) is 25.8 Å². The van der Waals surface area contributed by atoms with Crippen molar-refractivity contribution in [2.45, 2.75) is 19.8 Å². The summed E-state index contributed by atoms with van der Waals surface area (Å²) in [5.41, 5.74) is 4.17. The smallest absolute Gasteiger partial charge is 0 e.